The Morgan fingerprint density at radius 3 is 2.42 bits per heavy atom. The number of nitrogens with zero attached hydrogens (tertiary/aromatic N) is 2. The number of halogens is 2. The summed E-state index contributed by atoms with van der Waals surface area (Å²) in [6.07, 6.45) is 0. The van der Waals surface area contributed by atoms with Crippen molar-refractivity contribution in [3.63, 3.8) is 0 Å². The van der Waals surface area contributed by atoms with Crippen molar-refractivity contribution in [1.29, 1.82) is 0 Å². The molecule has 1 heterocycles. The SMILES string of the molecule is CC(NC(=O)CN1CCN(c2ccc(F)cc2)CC1)c1ccccc1Cl. The van der Waals surface area contributed by atoms with Gasteiger partial charge in [0.2, 0.25) is 5.91 Å². The highest BCUT2D eigenvalue weighted by Gasteiger charge is 2.20. The molecule has 2 aromatic rings. The molecule has 1 unspecified atom stereocenters. The highest BCUT2D eigenvalue weighted by Crippen LogP contribution is 2.22. The maximum absolute atomic E-state index is 13.0. The summed E-state index contributed by atoms with van der Waals surface area (Å²) < 4.78 is 13.0. The number of nitrogens with one attached hydrogen (secondary N) is 1. The number of carbonyl (C=O) groups is 1. The van der Waals surface area contributed by atoms with Crippen LogP contribution in [0.1, 0.15) is 18.5 Å². The molecule has 0 spiro atoms. The van der Waals surface area contributed by atoms with Crippen LogP contribution in [0.25, 0.3) is 0 Å². The van der Waals surface area contributed by atoms with E-state index >= 15 is 0 Å². The Morgan fingerprint density at radius 1 is 1.12 bits per heavy atom. The topological polar surface area (TPSA) is 35.6 Å². The molecule has 0 aliphatic carbocycles. The van der Waals surface area contributed by atoms with Crippen molar-refractivity contribution in [2.45, 2.75) is 13.0 Å². The maximum atomic E-state index is 13.0. The smallest absolute Gasteiger partial charge is 0.234 e. The molecule has 1 amide bonds. The molecule has 3 rings (SSSR count). The van der Waals surface area contributed by atoms with Gasteiger partial charge in [-0.25, -0.2) is 4.39 Å². The second kappa shape index (κ2) is 8.52. The lowest BCUT2D eigenvalue weighted by molar-refractivity contribution is -0.123. The van der Waals surface area contributed by atoms with Crippen LogP contribution in [0.5, 0.6) is 0 Å². The third-order valence-electron chi connectivity index (χ3n) is 4.68. The van der Waals surface area contributed by atoms with Gasteiger partial charge >= 0.3 is 0 Å². The molecule has 0 radical (unpaired) electrons. The van der Waals surface area contributed by atoms with E-state index in [1.54, 1.807) is 12.1 Å². The summed E-state index contributed by atoms with van der Waals surface area (Å²) in [5.74, 6) is -0.232. The van der Waals surface area contributed by atoms with Gasteiger partial charge in [-0.15, -0.1) is 0 Å². The lowest BCUT2D eigenvalue weighted by atomic mass is 10.1. The van der Waals surface area contributed by atoms with Gasteiger partial charge in [-0.05, 0) is 42.8 Å². The molecular weight excluding hydrogens is 353 g/mol. The number of hydrogen-bond donors (Lipinski definition) is 1. The monoisotopic (exact) mass is 375 g/mol. The Balaban J connectivity index is 1.47. The Hall–Kier alpha value is -2.11. The van der Waals surface area contributed by atoms with Crippen molar-refractivity contribution < 1.29 is 9.18 Å². The highest BCUT2D eigenvalue weighted by molar-refractivity contribution is 6.31. The molecule has 1 atom stereocenters. The fourth-order valence-electron chi connectivity index (χ4n) is 3.21. The number of hydrogen-bond acceptors (Lipinski definition) is 3. The van der Waals surface area contributed by atoms with E-state index in [2.05, 4.69) is 15.1 Å². The number of anilines is 1. The number of piperazine rings is 1. The van der Waals surface area contributed by atoms with Crippen molar-refractivity contribution in [3.8, 4) is 0 Å². The second-order valence-corrected chi connectivity index (χ2v) is 6.96. The minimum Gasteiger partial charge on any atom is -0.369 e. The van der Waals surface area contributed by atoms with E-state index in [1.165, 1.54) is 12.1 Å². The Kier molecular flexibility index (Phi) is 6.12. The summed E-state index contributed by atoms with van der Waals surface area (Å²) in [5, 5.41) is 3.67. The zero-order chi connectivity index (χ0) is 18.5. The van der Waals surface area contributed by atoms with Crippen molar-refractivity contribution in [2.75, 3.05) is 37.6 Å². The lowest BCUT2D eigenvalue weighted by Gasteiger charge is -2.35. The molecule has 1 saturated heterocycles. The first-order chi connectivity index (χ1) is 12.5. The second-order valence-electron chi connectivity index (χ2n) is 6.55. The fraction of sp³-hybridized carbons (Fsp3) is 0.350. The van der Waals surface area contributed by atoms with E-state index in [-0.39, 0.29) is 17.8 Å². The molecule has 1 aliphatic rings. The molecule has 0 bridgehead atoms. The summed E-state index contributed by atoms with van der Waals surface area (Å²) in [4.78, 5) is 16.7. The molecule has 4 nitrogen and oxygen atoms in total. The summed E-state index contributed by atoms with van der Waals surface area (Å²) >= 11 is 6.19. The van der Waals surface area contributed by atoms with Crippen molar-refractivity contribution in [1.82, 2.24) is 10.2 Å². The number of benzene rings is 2. The predicted octanol–water partition coefficient (Wildman–Crippen LogP) is 3.48. The van der Waals surface area contributed by atoms with E-state index in [0.717, 1.165) is 37.4 Å². The lowest BCUT2D eigenvalue weighted by Crippen LogP contribution is -2.49. The van der Waals surface area contributed by atoms with Gasteiger partial charge in [-0.3, -0.25) is 9.69 Å². The predicted molar refractivity (Wildman–Crippen MR) is 103 cm³/mol. The Labute approximate surface area is 158 Å². The van der Waals surface area contributed by atoms with E-state index in [1.807, 2.05) is 31.2 Å². The minimum atomic E-state index is -0.225. The van der Waals surface area contributed by atoms with Gasteiger partial charge in [0.15, 0.2) is 0 Å². The summed E-state index contributed by atoms with van der Waals surface area (Å²) in [7, 11) is 0. The molecule has 1 N–H and O–H groups in total. The van der Waals surface area contributed by atoms with Gasteiger partial charge in [0.25, 0.3) is 0 Å². The zero-order valence-electron chi connectivity index (χ0n) is 14.8. The van der Waals surface area contributed by atoms with Crippen LogP contribution in [0.15, 0.2) is 48.5 Å². The van der Waals surface area contributed by atoms with E-state index in [4.69, 9.17) is 11.6 Å². The van der Waals surface area contributed by atoms with Crippen molar-refractivity contribution in [2.24, 2.45) is 0 Å². The van der Waals surface area contributed by atoms with Gasteiger partial charge in [-0.2, -0.15) is 0 Å². The maximum Gasteiger partial charge on any atom is 0.234 e. The van der Waals surface area contributed by atoms with Gasteiger partial charge in [-0.1, -0.05) is 29.8 Å². The van der Waals surface area contributed by atoms with Crippen LogP contribution in [-0.2, 0) is 4.79 Å². The van der Waals surface area contributed by atoms with Gasteiger partial charge in [0.05, 0.1) is 12.6 Å². The first-order valence-electron chi connectivity index (χ1n) is 8.79. The van der Waals surface area contributed by atoms with Crippen molar-refractivity contribution >= 4 is 23.2 Å². The highest BCUT2D eigenvalue weighted by atomic mass is 35.5. The molecule has 26 heavy (non-hydrogen) atoms. The number of rotatable bonds is 5. The standard InChI is InChI=1S/C20H23ClFN3O/c1-15(18-4-2-3-5-19(18)21)23-20(26)14-24-10-12-25(13-11-24)17-8-6-16(22)7-9-17/h2-9,15H,10-14H2,1H3,(H,23,26). The molecule has 1 aliphatic heterocycles. The average molecular weight is 376 g/mol. The van der Waals surface area contributed by atoms with Gasteiger partial charge < -0.3 is 10.2 Å². The largest absolute Gasteiger partial charge is 0.369 e. The van der Waals surface area contributed by atoms with Crippen LogP contribution in [0, 0.1) is 5.82 Å². The van der Waals surface area contributed by atoms with Crippen LogP contribution in [0.4, 0.5) is 10.1 Å². The van der Waals surface area contributed by atoms with Crippen LogP contribution in [0.2, 0.25) is 5.02 Å². The van der Waals surface area contributed by atoms with Gasteiger partial charge in [0, 0.05) is 36.9 Å². The summed E-state index contributed by atoms with van der Waals surface area (Å²) in [6.45, 7) is 5.53. The average Bonchev–Trinajstić information content (AvgIpc) is 2.63. The van der Waals surface area contributed by atoms with Crippen LogP contribution in [0.3, 0.4) is 0 Å². The van der Waals surface area contributed by atoms with Crippen molar-refractivity contribution in [3.05, 3.63) is 64.9 Å². The molecule has 138 valence electrons. The van der Waals surface area contributed by atoms with Crippen LogP contribution >= 0.6 is 11.6 Å². The molecule has 1 fully saturated rings. The molecular formula is C20H23ClFN3O. The zero-order valence-corrected chi connectivity index (χ0v) is 15.5. The third-order valence-corrected chi connectivity index (χ3v) is 5.02. The van der Waals surface area contributed by atoms with Crippen LogP contribution < -0.4 is 10.2 Å². The van der Waals surface area contributed by atoms with Crippen LogP contribution in [-0.4, -0.2) is 43.5 Å². The Bertz CT molecular complexity index is 745. The minimum absolute atomic E-state index is 0.00680. The molecule has 6 heteroatoms. The normalized spacial score (nSPS) is 16.3. The summed E-state index contributed by atoms with van der Waals surface area (Å²) in [5.41, 5.74) is 1.94. The number of carbonyl (C=O) groups excluding carboxylic acids is 1. The van der Waals surface area contributed by atoms with Gasteiger partial charge in [0.1, 0.15) is 5.82 Å². The van der Waals surface area contributed by atoms with E-state index in [0.29, 0.717) is 11.6 Å². The quantitative estimate of drug-likeness (QED) is 0.869. The third kappa shape index (κ3) is 4.74. The molecule has 0 aromatic heterocycles. The first kappa shape index (κ1) is 18.7. The fourth-order valence-corrected chi connectivity index (χ4v) is 3.51. The van der Waals surface area contributed by atoms with E-state index < -0.39 is 0 Å². The molecule has 0 saturated carbocycles. The first-order valence-corrected chi connectivity index (χ1v) is 9.17. The summed E-state index contributed by atoms with van der Waals surface area (Å²) in [6, 6.07) is 14.0. The molecule has 2 aromatic carbocycles. The van der Waals surface area contributed by atoms with E-state index in [9.17, 15) is 9.18 Å². The Morgan fingerprint density at radius 2 is 1.77 bits per heavy atom. The number of amides is 1.